The highest BCUT2D eigenvalue weighted by molar-refractivity contribution is 7.47. The summed E-state index contributed by atoms with van der Waals surface area (Å²) in [6, 6.07) is 0. The fourth-order valence-electron chi connectivity index (χ4n) is 11.9. The first-order valence-electron chi connectivity index (χ1n) is 45.7. The molecule has 0 saturated heterocycles. The maximum absolute atomic E-state index is 13.0. The van der Waals surface area contributed by atoms with E-state index in [1.54, 1.807) is 0 Å². The minimum atomic E-state index is -4.96. The molecular weight excluding hydrogens is 1510 g/mol. The van der Waals surface area contributed by atoms with Crippen molar-refractivity contribution in [1.29, 1.82) is 0 Å². The lowest BCUT2D eigenvalue weighted by Crippen LogP contribution is -2.30. The molecule has 0 amide bonds. The SMILES string of the molecule is CC/C=C\C/C=C\C/C=C\C/C=C\C/C=C\C/C=C\CCCCCCCCCCCCCCCCC(=O)OCC(O)COP(=O)(O)OCC(O)COP(=O)(O)OCC(COC(=O)CCCCCCCCCCCCC/C=C\C/C=C\C/C=C\C/C=C\CCCCC)OC(=O)CCCC/C=C\C/C=C\C/C=C\C/C=C\C/C=C\C/C=C\CC. The molecule has 0 spiro atoms. The molecule has 0 aliphatic carbocycles. The molecule has 0 aromatic rings. The summed E-state index contributed by atoms with van der Waals surface area (Å²) < 4.78 is 61.4. The number of aliphatic hydroxyl groups excluding tert-OH is 2. The molecular formula is C99H164O16P2. The Morgan fingerprint density at radius 1 is 0.248 bits per heavy atom. The first-order valence-corrected chi connectivity index (χ1v) is 48.7. The summed E-state index contributed by atoms with van der Waals surface area (Å²) in [7, 11) is -9.83. The molecule has 0 aromatic carbocycles. The normalized spacial score (nSPS) is 14.7. The fourth-order valence-corrected chi connectivity index (χ4v) is 13.5. The number of phosphoric ester groups is 2. The van der Waals surface area contributed by atoms with Crippen LogP contribution >= 0.6 is 15.6 Å². The van der Waals surface area contributed by atoms with E-state index >= 15 is 0 Å². The molecule has 0 heterocycles. The van der Waals surface area contributed by atoms with Gasteiger partial charge >= 0.3 is 33.6 Å². The Kier molecular flexibility index (Phi) is 85.3. The molecule has 18 heteroatoms. The van der Waals surface area contributed by atoms with E-state index in [1.807, 2.05) is 0 Å². The average Bonchev–Trinajstić information content (AvgIpc) is 0.902. The summed E-state index contributed by atoms with van der Waals surface area (Å²) in [6.45, 7) is 2.39. The van der Waals surface area contributed by atoms with Crippen molar-refractivity contribution in [2.45, 2.75) is 373 Å². The first-order chi connectivity index (χ1) is 57.2. The van der Waals surface area contributed by atoms with Crippen LogP contribution in [-0.4, -0.2) is 95.9 Å². The highest BCUT2D eigenvalue weighted by Crippen LogP contribution is 2.45. The van der Waals surface area contributed by atoms with Gasteiger partial charge in [0.25, 0.3) is 0 Å². The smallest absolute Gasteiger partial charge is 0.463 e. The van der Waals surface area contributed by atoms with Crippen molar-refractivity contribution in [3.63, 3.8) is 0 Å². The van der Waals surface area contributed by atoms with Crippen LogP contribution in [0.25, 0.3) is 0 Å². The second-order valence-corrected chi connectivity index (χ2v) is 32.9. The van der Waals surface area contributed by atoms with Gasteiger partial charge in [-0.3, -0.25) is 32.5 Å². The summed E-state index contributed by atoms with van der Waals surface area (Å²) in [4.78, 5) is 59.0. The lowest BCUT2D eigenvalue weighted by atomic mass is 10.0. The van der Waals surface area contributed by atoms with E-state index in [2.05, 4.69) is 215 Å². The van der Waals surface area contributed by atoms with Crippen molar-refractivity contribution in [2.24, 2.45) is 0 Å². The molecule has 5 atom stereocenters. The maximum atomic E-state index is 13.0. The number of unbranched alkanes of at least 4 members (excludes halogenated alkanes) is 30. The van der Waals surface area contributed by atoms with Crippen LogP contribution in [0.15, 0.2) is 194 Å². The molecule has 0 bridgehead atoms. The summed E-state index contributed by atoms with van der Waals surface area (Å²) in [5, 5.41) is 20.7. The standard InChI is InChI=1S/C99H164O16P2/c1-4-7-10-13-16-19-22-25-28-31-34-37-39-41-43-44-45-46-47-48-50-52-53-56-58-61-64-67-70-73-76-79-82-85-97(102)109-88-94(100)89-111-116(105,106)112-90-95(101)91-113-117(107,108)114-93-96(115-99(104)87-84-81-78-75-72-69-66-63-60-55-36-33-30-27-24-21-18-15-12-9-6-3)92-110-98(103)86-83-80-77-74-71-68-65-62-59-57-54-51-49-42-40-38-35-32-29-26-23-20-17-14-11-8-5-2/h7,9-10,12,16-21,25-30,34-38,41-43,45-46,49,55,63,66,72,75,94-96,100-101H,4-6,8,11,13-15,22-24,31-33,39-40,44,47-48,50-54,56-62,64-65,67-71,73-74,76-93H2,1-3H3,(H,105,106)(H,107,108)/b10-7-,12-9-,19-16-,20-17-,21-18-,28-25-,29-26-,30-27-,37-34-,38-35-,43-41-,46-45-,49-42-,55-36-,66-63-,75-72-. The quantitative estimate of drug-likeness (QED) is 0.0146. The first kappa shape index (κ1) is 111. The van der Waals surface area contributed by atoms with Gasteiger partial charge in [0.05, 0.1) is 26.4 Å². The van der Waals surface area contributed by atoms with E-state index in [-0.39, 0.29) is 19.3 Å². The van der Waals surface area contributed by atoms with E-state index < -0.39 is 91.5 Å². The lowest BCUT2D eigenvalue weighted by Gasteiger charge is -2.21. The third-order valence-electron chi connectivity index (χ3n) is 18.8. The summed E-state index contributed by atoms with van der Waals surface area (Å²) in [6.07, 6.45) is 119. The molecule has 666 valence electrons. The van der Waals surface area contributed by atoms with E-state index in [1.165, 1.54) is 128 Å². The van der Waals surface area contributed by atoms with E-state index in [9.17, 15) is 43.5 Å². The zero-order valence-corrected chi connectivity index (χ0v) is 75.1. The van der Waals surface area contributed by atoms with Crippen LogP contribution in [-0.2, 0) is 55.8 Å². The van der Waals surface area contributed by atoms with Crippen LogP contribution in [0, 0.1) is 0 Å². The largest absolute Gasteiger partial charge is 0.472 e. The number of esters is 3. The average molecular weight is 1670 g/mol. The van der Waals surface area contributed by atoms with Crippen LogP contribution in [0.5, 0.6) is 0 Å². The molecule has 0 rings (SSSR count). The highest BCUT2D eigenvalue weighted by atomic mass is 31.2. The zero-order chi connectivity index (χ0) is 85.1. The monoisotopic (exact) mass is 1670 g/mol. The predicted octanol–water partition coefficient (Wildman–Crippen LogP) is 28.2. The van der Waals surface area contributed by atoms with Crippen LogP contribution in [0.3, 0.4) is 0 Å². The second-order valence-electron chi connectivity index (χ2n) is 30.0. The predicted molar refractivity (Wildman–Crippen MR) is 491 cm³/mol. The Morgan fingerprint density at radius 3 is 0.735 bits per heavy atom. The minimum Gasteiger partial charge on any atom is -0.463 e. The van der Waals surface area contributed by atoms with Crippen LogP contribution in [0.4, 0.5) is 0 Å². The van der Waals surface area contributed by atoms with Crippen molar-refractivity contribution in [2.75, 3.05) is 39.6 Å². The maximum Gasteiger partial charge on any atom is 0.472 e. The van der Waals surface area contributed by atoms with Gasteiger partial charge in [-0.2, -0.15) is 0 Å². The molecule has 0 radical (unpaired) electrons. The zero-order valence-electron chi connectivity index (χ0n) is 73.3. The molecule has 5 unspecified atom stereocenters. The molecule has 0 saturated carbocycles. The highest BCUT2D eigenvalue weighted by Gasteiger charge is 2.29. The van der Waals surface area contributed by atoms with E-state index in [0.29, 0.717) is 25.7 Å². The van der Waals surface area contributed by atoms with Crippen LogP contribution in [0.1, 0.15) is 355 Å². The molecule has 4 N–H and O–H groups in total. The van der Waals surface area contributed by atoms with Gasteiger partial charge in [0.2, 0.25) is 0 Å². The Hall–Kier alpha value is -5.61. The number of allylic oxidation sites excluding steroid dienone is 32. The Morgan fingerprint density at radius 2 is 0.453 bits per heavy atom. The molecule has 0 fully saturated rings. The van der Waals surface area contributed by atoms with Gasteiger partial charge in [-0.1, -0.05) is 363 Å². The van der Waals surface area contributed by atoms with Gasteiger partial charge in [-0.15, -0.1) is 0 Å². The number of ether oxygens (including phenoxy) is 3. The van der Waals surface area contributed by atoms with Crippen molar-refractivity contribution < 1.29 is 75.8 Å². The molecule has 0 aromatic heterocycles. The number of phosphoric acid groups is 2. The molecule has 0 aliphatic rings. The van der Waals surface area contributed by atoms with Crippen LogP contribution in [0.2, 0.25) is 0 Å². The van der Waals surface area contributed by atoms with Gasteiger partial charge in [-0.05, 0) is 167 Å². The number of carbonyl (C=O) groups excluding carboxylic acids is 3. The van der Waals surface area contributed by atoms with Gasteiger partial charge in [0.1, 0.15) is 25.4 Å². The molecule has 16 nitrogen and oxygen atoms in total. The van der Waals surface area contributed by atoms with Gasteiger partial charge in [-0.25, -0.2) is 9.13 Å². The van der Waals surface area contributed by atoms with Gasteiger partial charge in [0.15, 0.2) is 6.10 Å². The number of rotatable bonds is 85. The van der Waals surface area contributed by atoms with Gasteiger partial charge in [0, 0.05) is 19.3 Å². The molecule has 0 aliphatic heterocycles. The van der Waals surface area contributed by atoms with Crippen molar-refractivity contribution in [1.82, 2.24) is 0 Å². The summed E-state index contributed by atoms with van der Waals surface area (Å²) in [5.74, 6) is -1.63. The number of hydrogen-bond acceptors (Lipinski definition) is 14. The lowest BCUT2D eigenvalue weighted by molar-refractivity contribution is -0.161. The van der Waals surface area contributed by atoms with Crippen molar-refractivity contribution in [3.05, 3.63) is 194 Å². The van der Waals surface area contributed by atoms with Crippen LogP contribution < -0.4 is 0 Å². The third-order valence-corrected chi connectivity index (χ3v) is 20.7. The Labute approximate surface area is 712 Å². The Balaban J connectivity index is 4.62. The van der Waals surface area contributed by atoms with Crippen molar-refractivity contribution >= 4 is 33.6 Å². The summed E-state index contributed by atoms with van der Waals surface area (Å²) in [5.41, 5.74) is 0. The second kappa shape index (κ2) is 89.6. The topological polar surface area (TPSA) is 231 Å². The number of carbonyl (C=O) groups is 3. The molecule has 117 heavy (non-hydrogen) atoms. The third kappa shape index (κ3) is 91.0. The van der Waals surface area contributed by atoms with Gasteiger partial charge < -0.3 is 34.2 Å². The summed E-state index contributed by atoms with van der Waals surface area (Å²) >= 11 is 0. The minimum absolute atomic E-state index is 0.0429. The fraction of sp³-hybridized carbons (Fsp3) is 0.646. The number of aliphatic hydroxyl groups is 2. The van der Waals surface area contributed by atoms with E-state index in [4.69, 9.17) is 32.3 Å². The van der Waals surface area contributed by atoms with E-state index in [0.717, 1.165) is 161 Å². The number of hydrogen-bond donors (Lipinski definition) is 4. The van der Waals surface area contributed by atoms with Crippen molar-refractivity contribution in [3.8, 4) is 0 Å². The Bertz CT molecular complexity index is 2910.